The molecule has 0 aliphatic heterocycles. The lowest BCUT2D eigenvalue weighted by molar-refractivity contribution is -0.215. The highest BCUT2D eigenvalue weighted by Gasteiger charge is 2.69. The minimum atomic E-state index is -0.578. The van der Waals surface area contributed by atoms with Crippen molar-refractivity contribution < 1.29 is 9.90 Å². The van der Waals surface area contributed by atoms with Gasteiger partial charge in [0, 0.05) is 0 Å². The average molecular weight is 126 g/mol. The second-order valence-corrected chi connectivity index (χ2v) is 3.93. The Bertz CT molecular complexity index is 164. The molecule has 1 N–H and O–H groups in total. The van der Waals surface area contributed by atoms with E-state index >= 15 is 0 Å². The van der Waals surface area contributed by atoms with Gasteiger partial charge >= 0.3 is 5.97 Å². The van der Waals surface area contributed by atoms with E-state index in [1.807, 2.05) is 0 Å². The van der Waals surface area contributed by atoms with Gasteiger partial charge in [-0.25, -0.2) is 0 Å². The van der Waals surface area contributed by atoms with Gasteiger partial charge < -0.3 is 5.11 Å². The van der Waals surface area contributed by atoms with Gasteiger partial charge in [0.1, 0.15) is 0 Å². The normalized spacial score (nSPS) is 53.4. The van der Waals surface area contributed by atoms with Gasteiger partial charge in [0.2, 0.25) is 0 Å². The number of carbonyl (C=O) groups is 1. The van der Waals surface area contributed by atoms with E-state index in [2.05, 4.69) is 6.92 Å². The molecule has 3 rings (SSSR count). The summed E-state index contributed by atoms with van der Waals surface area (Å²) in [6.07, 6.45) is 2.78. The Kier molecular flexibility index (Phi) is 0.600. The molecule has 0 atom stereocenters. The van der Waals surface area contributed by atoms with Crippen LogP contribution in [0.2, 0.25) is 0 Å². The Morgan fingerprint density at radius 3 is 2.00 bits per heavy atom. The van der Waals surface area contributed by atoms with E-state index in [0.717, 1.165) is 19.3 Å². The largest absolute Gasteiger partial charge is 0.481 e. The Hall–Kier alpha value is -0.530. The zero-order chi connectivity index (χ0) is 6.70. The molecule has 0 unspecified atom stereocenters. The van der Waals surface area contributed by atoms with Crippen molar-refractivity contribution in [2.45, 2.75) is 26.2 Å². The van der Waals surface area contributed by atoms with Crippen LogP contribution in [0.1, 0.15) is 26.2 Å². The van der Waals surface area contributed by atoms with Crippen molar-refractivity contribution in [1.29, 1.82) is 0 Å². The summed E-state index contributed by atoms with van der Waals surface area (Å²) in [5.41, 5.74) is 0.174. The highest BCUT2D eigenvalue weighted by Crippen LogP contribution is 2.73. The highest BCUT2D eigenvalue weighted by atomic mass is 16.4. The Labute approximate surface area is 53.9 Å². The van der Waals surface area contributed by atoms with E-state index in [1.165, 1.54) is 0 Å². The van der Waals surface area contributed by atoms with Gasteiger partial charge in [0.05, 0.1) is 5.41 Å². The average Bonchev–Trinajstić information content (AvgIpc) is 1.54. The first-order valence-electron chi connectivity index (χ1n) is 3.30. The minimum absolute atomic E-state index is 0.255. The zero-order valence-corrected chi connectivity index (χ0v) is 5.48. The van der Waals surface area contributed by atoms with Crippen LogP contribution in [-0.4, -0.2) is 11.1 Å². The fourth-order valence-corrected chi connectivity index (χ4v) is 2.52. The molecule has 0 heterocycles. The van der Waals surface area contributed by atoms with Gasteiger partial charge in [0.25, 0.3) is 0 Å². The van der Waals surface area contributed by atoms with E-state index in [9.17, 15) is 4.79 Å². The third kappa shape index (κ3) is 0.406. The highest BCUT2D eigenvalue weighted by molar-refractivity contribution is 5.79. The summed E-state index contributed by atoms with van der Waals surface area (Å²) in [4.78, 5) is 10.5. The second-order valence-electron chi connectivity index (χ2n) is 3.93. The van der Waals surface area contributed by atoms with Crippen molar-refractivity contribution in [3.8, 4) is 0 Å². The minimum Gasteiger partial charge on any atom is -0.481 e. The molecule has 0 aromatic rings. The summed E-state index contributed by atoms with van der Waals surface area (Å²) in [5, 5.41) is 8.64. The molecule has 2 bridgehead atoms. The Balaban J connectivity index is 2.13. The van der Waals surface area contributed by atoms with E-state index in [1.54, 1.807) is 0 Å². The Morgan fingerprint density at radius 2 is 1.89 bits per heavy atom. The van der Waals surface area contributed by atoms with Crippen LogP contribution in [0.5, 0.6) is 0 Å². The molecular formula is C7H10O2. The molecule has 3 saturated carbocycles. The maximum absolute atomic E-state index is 10.5. The fourth-order valence-electron chi connectivity index (χ4n) is 2.52. The standard InChI is InChI=1S/C7H10O2/c1-6-2-7(3-6,4-6)5(8)9/h2-4H2,1H3,(H,8,9). The molecule has 2 heteroatoms. The van der Waals surface area contributed by atoms with E-state index in [-0.39, 0.29) is 5.41 Å². The molecule has 3 fully saturated rings. The molecular weight excluding hydrogens is 116 g/mol. The molecule has 3 aliphatic rings. The smallest absolute Gasteiger partial charge is 0.309 e. The van der Waals surface area contributed by atoms with Crippen molar-refractivity contribution in [1.82, 2.24) is 0 Å². The predicted octanol–water partition coefficient (Wildman–Crippen LogP) is 1.26. The molecule has 9 heavy (non-hydrogen) atoms. The second kappa shape index (κ2) is 1.02. The van der Waals surface area contributed by atoms with Crippen molar-refractivity contribution in [2.24, 2.45) is 10.8 Å². The summed E-state index contributed by atoms with van der Waals surface area (Å²) in [7, 11) is 0. The van der Waals surface area contributed by atoms with Gasteiger partial charge in [0.15, 0.2) is 0 Å². The molecule has 50 valence electrons. The summed E-state index contributed by atoms with van der Waals surface area (Å²) in [5.74, 6) is -0.578. The van der Waals surface area contributed by atoms with Crippen LogP contribution < -0.4 is 0 Å². The molecule has 3 aliphatic carbocycles. The van der Waals surface area contributed by atoms with Gasteiger partial charge in [-0.3, -0.25) is 4.79 Å². The van der Waals surface area contributed by atoms with Crippen LogP contribution in [-0.2, 0) is 4.79 Å². The third-order valence-corrected chi connectivity index (χ3v) is 2.75. The van der Waals surface area contributed by atoms with Crippen molar-refractivity contribution >= 4 is 5.97 Å². The van der Waals surface area contributed by atoms with Crippen molar-refractivity contribution in [3.63, 3.8) is 0 Å². The molecule has 0 saturated heterocycles. The van der Waals surface area contributed by atoms with E-state index in [4.69, 9.17) is 5.11 Å². The summed E-state index contributed by atoms with van der Waals surface area (Å²) in [6.45, 7) is 2.16. The van der Waals surface area contributed by atoms with Gasteiger partial charge in [-0.15, -0.1) is 0 Å². The Morgan fingerprint density at radius 1 is 1.44 bits per heavy atom. The van der Waals surface area contributed by atoms with Gasteiger partial charge in [-0.05, 0) is 24.7 Å². The first kappa shape index (κ1) is 5.27. The monoisotopic (exact) mass is 126 g/mol. The van der Waals surface area contributed by atoms with Crippen LogP contribution in [0, 0.1) is 10.8 Å². The number of hydrogen-bond acceptors (Lipinski definition) is 1. The van der Waals surface area contributed by atoms with Gasteiger partial charge in [-0.2, -0.15) is 0 Å². The first-order valence-corrected chi connectivity index (χ1v) is 3.30. The lowest BCUT2D eigenvalue weighted by Gasteiger charge is -2.66. The van der Waals surface area contributed by atoms with Crippen LogP contribution in [0.4, 0.5) is 0 Å². The molecule has 0 amide bonds. The number of carboxylic acids is 1. The van der Waals surface area contributed by atoms with E-state index < -0.39 is 5.97 Å². The topological polar surface area (TPSA) is 37.3 Å². The van der Waals surface area contributed by atoms with E-state index in [0.29, 0.717) is 5.41 Å². The predicted molar refractivity (Wildman–Crippen MR) is 32.0 cm³/mol. The van der Waals surface area contributed by atoms with Crippen LogP contribution in [0.3, 0.4) is 0 Å². The molecule has 0 aromatic carbocycles. The SMILES string of the molecule is CC12CC(C(=O)O)(C1)C2. The van der Waals surface area contributed by atoms with Crippen LogP contribution >= 0.6 is 0 Å². The van der Waals surface area contributed by atoms with Crippen LogP contribution in [0.25, 0.3) is 0 Å². The number of rotatable bonds is 1. The van der Waals surface area contributed by atoms with Gasteiger partial charge in [-0.1, -0.05) is 6.92 Å². The number of hydrogen-bond donors (Lipinski definition) is 1. The lowest BCUT2D eigenvalue weighted by Crippen LogP contribution is -2.63. The fraction of sp³-hybridized carbons (Fsp3) is 0.857. The molecule has 0 aromatic heterocycles. The third-order valence-electron chi connectivity index (χ3n) is 2.75. The number of carboxylic acid groups (broad SMARTS) is 1. The summed E-state index contributed by atoms with van der Waals surface area (Å²) in [6, 6.07) is 0. The number of aliphatic carboxylic acids is 1. The molecule has 0 radical (unpaired) electrons. The molecule has 0 spiro atoms. The van der Waals surface area contributed by atoms with Crippen molar-refractivity contribution in [3.05, 3.63) is 0 Å². The maximum Gasteiger partial charge on any atom is 0.309 e. The van der Waals surface area contributed by atoms with Crippen molar-refractivity contribution in [2.75, 3.05) is 0 Å². The lowest BCUT2D eigenvalue weighted by atomic mass is 9.36. The zero-order valence-electron chi connectivity index (χ0n) is 5.48. The maximum atomic E-state index is 10.5. The quantitative estimate of drug-likeness (QED) is 0.574. The first-order chi connectivity index (χ1) is 4.06. The van der Waals surface area contributed by atoms with Crippen LogP contribution in [0.15, 0.2) is 0 Å². The molecule has 2 nitrogen and oxygen atoms in total. The summed E-state index contributed by atoms with van der Waals surface area (Å²) < 4.78 is 0. The summed E-state index contributed by atoms with van der Waals surface area (Å²) >= 11 is 0.